The summed E-state index contributed by atoms with van der Waals surface area (Å²) in [6, 6.07) is 3.28. The van der Waals surface area contributed by atoms with Crippen molar-refractivity contribution in [2.75, 3.05) is 6.54 Å². The van der Waals surface area contributed by atoms with Crippen molar-refractivity contribution >= 4 is 11.9 Å². The third-order valence-corrected chi connectivity index (χ3v) is 3.94. The van der Waals surface area contributed by atoms with Crippen LogP contribution in [0.15, 0.2) is 18.2 Å². The molecule has 1 aromatic rings. The minimum atomic E-state index is -0.887. The Morgan fingerprint density at radius 2 is 1.71 bits per heavy atom. The van der Waals surface area contributed by atoms with Gasteiger partial charge in [-0.1, -0.05) is 6.07 Å². The summed E-state index contributed by atoms with van der Waals surface area (Å²) in [6.45, 7) is 0.305. The topological polar surface area (TPSA) is 66.4 Å². The van der Waals surface area contributed by atoms with E-state index in [-0.39, 0.29) is 11.8 Å². The van der Waals surface area contributed by atoms with Gasteiger partial charge in [-0.15, -0.1) is 0 Å². The maximum absolute atomic E-state index is 13.4. The van der Waals surface area contributed by atoms with Crippen molar-refractivity contribution in [1.29, 1.82) is 0 Å². The fraction of sp³-hybridized carbons (Fsp3) is 0.467. The van der Waals surface area contributed by atoms with Gasteiger partial charge in [0.2, 0.25) is 0 Å². The number of amides is 1. The normalized spacial score (nSPS) is 21.8. The third kappa shape index (κ3) is 3.77. The first-order valence-electron chi connectivity index (χ1n) is 6.94. The van der Waals surface area contributed by atoms with E-state index in [1.165, 1.54) is 6.07 Å². The number of nitrogens with one attached hydrogen (secondary N) is 1. The van der Waals surface area contributed by atoms with Crippen LogP contribution in [-0.2, 0) is 4.79 Å². The molecule has 6 heteroatoms. The van der Waals surface area contributed by atoms with Crippen LogP contribution in [0, 0.1) is 23.5 Å². The Bertz CT molecular complexity index is 519. The average molecular weight is 297 g/mol. The molecule has 114 valence electrons. The van der Waals surface area contributed by atoms with E-state index < -0.39 is 29.1 Å². The maximum Gasteiger partial charge on any atom is 0.306 e. The first-order valence-corrected chi connectivity index (χ1v) is 6.94. The molecule has 0 unspecified atom stereocenters. The second kappa shape index (κ2) is 6.65. The molecular weight excluding hydrogens is 280 g/mol. The monoisotopic (exact) mass is 297 g/mol. The zero-order valence-electron chi connectivity index (χ0n) is 11.4. The number of benzene rings is 1. The molecule has 0 atom stereocenters. The van der Waals surface area contributed by atoms with Crippen molar-refractivity contribution in [3.05, 3.63) is 35.4 Å². The largest absolute Gasteiger partial charge is 0.481 e. The lowest BCUT2D eigenvalue weighted by molar-refractivity contribution is -0.143. The molecule has 0 spiro atoms. The Balaban J connectivity index is 1.87. The molecular formula is C15H17F2NO3. The van der Waals surface area contributed by atoms with Crippen LogP contribution in [0.2, 0.25) is 0 Å². The Morgan fingerprint density at radius 1 is 1.14 bits per heavy atom. The summed E-state index contributed by atoms with van der Waals surface area (Å²) in [4.78, 5) is 22.7. The van der Waals surface area contributed by atoms with E-state index >= 15 is 0 Å². The minimum Gasteiger partial charge on any atom is -0.481 e. The summed E-state index contributed by atoms with van der Waals surface area (Å²) < 4.78 is 26.9. The van der Waals surface area contributed by atoms with E-state index in [2.05, 4.69) is 5.32 Å². The number of carboxylic acid groups (broad SMARTS) is 1. The SMILES string of the molecule is O=C(NCC1CCC(C(=O)O)CC1)c1c(F)cccc1F. The van der Waals surface area contributed by atoms with E-state index in [0.29, 0.717) is 32.2 Å². The lowest BCUT2D eigenvalue weighted by Gasteiger charge is -2.26. The van der Waals surface area contributed by atoms with Crippen LogP contribution in [0.3, 0.4) is 0 Å². The lowest BCUT2D eigenvalue weighted by Crippen LogP contribution is -2.33. The molecule has 1 aliphatic rings. The number of aliphatic carboxylic acids is 1. The number of hydrogen-bond donors (Lipinski definition) is 2. The van der Waals surface area contributed by atoms with Gasteiger partial charge >= 0.3 is 5.97 Å². The van der Waals surface area contributed by atoms with Crippen molar-refractivity contribution in [2.24, 2.45) is 11.8 Å². The minimum absolute atomic E-state index is 0.152. The number of rotatable bonds is 4. The van der Waals surface area contributed by atoms with E-state index in [0.717, 1.165) is 12.1 Å². The predicted molar refractivity (Wildman–Crippen MR) is 71.8 cm³/mol. The predicted octanol–water partition coefficient (Wildman–Crippen LogP) is 2.59. The summed E-state index contributed by atoms with van der Waals surface area (Å²) in [5.74, 6) is -3.50. The van der Waals surface area contributed by atoms with Crippen molar-refractivity contribution in [1.82, 2.24) is 5.32 Å². The zero-order valence-corrected chi connectivity index (χ0v) is 11.4. The van der Waals surface area contributed by atoms with Crippen LogP contribution < -0.4 is 5.32 Å². The molecule has 1 fully saturated rings. The maximum atomic E-state index is 13.4. The number of carbonyl (C=O) groups excluding carboxylic acids is 1. The van der Waals surface area contributed by atoms with Gasteiger partial charge < -0.3 is 10.4 Å². The zero-order chi connectivity index (χ0) is 15.4. The molecule has 2 rings (SSSR count). The van der Waals surface area contributed by atoms with Gasteiger partial charge in [-0.3, -0.25) is 9.59 Å². The van der Waals surface area contributed by atoms with Crippen LogP contribution in [-0.4, -0.2) is 23.5 Å². The molecule has 4 nitrogen and oxygen atoms in total. The summed E-state index contributed by atoms with van der Waals surface area (Å²) >= 11 is 0. The number of hydrogen-bond acceptors (Lipinski definition) is 2. The quantitative estimate of drug-likeness (QED) is 0.897. The summed E-state index contributed by atoms with van der Waals surface area (Å²) in [5, 5.41) is 11.4. The van der Waals surface area contributed by atoms with Crippen LogP contribution in [0.4, 0.5) is 8.78 Å². The Morgan fingerprint density at radius 3 is 2.24 bits per heavy atom. The number of halogens is 2. The molecule has 0 saturated heterocycles. The van der Waals surface area contributed by atoms with Crippen molar-refractivity contribution in [3.63, 3.8) is 0 Å². The molecule has 21 heavy (non-hydrogen) atoms. The molecule has 1 amide bonds. The molecule has 0 heterocycles. The molecule has 1 aromatic carbocycles. The fourth-order valence-electron chi connectivity index (χ4n) is 2.65. The highest BCUT2D eigenvalue weighted by atomic mass is 19.1. The van der Waals surface area contributed by atoms with Crippen LogP contribution in [0.5, 0.6) is 0 Å². The van der Waals surface area contributed by atoms with Gasteiger partial charge in [0.15, 0.2) is 0 Å². The van der Waals surface area contributed by atoms with E-state index in [1.807, 2.05) is 0 Å². The molecule has 0 radical (unpaired) electrons. The van der Waals surface area contributed by atoms with Crippen molar-refractivity contribution in [3.8, 4) is 0 Å². The third-order valence-electron chi connectivity index (χ3n) is 3.94. The van der Waals surface area contributed by atoms with E-state index in [9.17, 15) is 18.4 Å². The highest BCUT2D eigenvalue weighted by Crippen LogP contribution is 2.28. The lowest BCUT2D eigenvalue weighted by atomic mass is 9.82. The summed E-state index contributed by atoms with van der Waals surface area (Å²) in [6.07, 6.45) is 2.53. The average Bonchev–Trinajstić information content (AvgIpc) is 2.45. The summed E-state index contributed by atoms with van der Waals surface area (Å²) in [7, 11) is 0. The Hall–Kier alpha value is -1.98. The highest BCUT2D eigenvalue weighted by Gasteiger charge is 2.26. The van der Waals surface area contributed by atoms with Crippen molar-refractivity contribution < 1.29 is 23.5 Å². The molecule has 0 aliphatic heterocycles. The number of carbonyl (C=O) groups is 2. The van der Waals surface area contributed by atoms with Gasteiger partial charge in [0.1, 0.15) is 17.2 Å². The van der Waals surface area contributed by atoms with Gasteiger partial charge in [-0.2, -0.15) is 0 Å². The van der Waals surface area contributed by atoms with Gasteiger partial charge in [0.25, 0.3) is 5.91 Å². The molecule has 1 aliphatic carbocycles. The first-order chi connectivity index (χ1) is 9.99. The number of carboxylic acids is 1. The Kier molecular flexibility index (Phi) is 4.88. The first kappa shape index (κ1) is 15.4. The van der Waals surface area contributed by atoms with Crippen LogP contribution in [0.1, 0.15) is 36.0 Å². The van der Waals surface area contributed by atoms with Crippen LogP contribution in [0.25, 0.3) is 0 Å². The van der Waals surface area contributed by atoms with E-state index in [1.54, 1.807) is 0 Å². The van der Waals surface area contributed by atoms with Gasteiger partial charge in [-0.25, -0.2) is 8.78 Å². The highest BCUT2D eigenvalue weighted by molar-refractivity contribution is 5.94. The fourth-order valence-corrected chi connectivity index (χ4v) is 2.65. The standard InChI is InChI=1S/C15H17F2NO3/c16-11-2-1-3-12(17)13(11)14(19)18-8-9-4-6-10(7-5-9)15(20)21/h1-3,9-10H,4-8H2,(H,18,19)(H,20,21). The second-order valence-corrected chi connectivity index (χ2v) is 5.36. The van der Waals surface area contributed by atoms with E-state index in [4.69, 9.17) is 5.11 Å². The van der Waals surface area contributed by atoms with Gasteiger partial charge in [0, 0.05) is 6.54 Å². The van der Waals surface area contributed by atoms with Crippen molar-refractivity contribution in [2.45, 2.75) is 25.7 Å². The summed E-state index contributed by atoms with van der Waals surface area (Å²) in [5.41, 5.74) is -0.572. The molecule has 0 aromatic heterocycles. The van der Waals surface area contributed by atoms with Crippen LogP contribution >= 0.6 is 0 Å². The molecule has 1 saturated carbocycles. The smallest absolute Gasteiger partial charge is 0.306 e. The second-order valence-electron chi connectivity index (χ2n) is 5.36. The van der Waals surface area contributed by atoms with Gasteiger partial charge in [0.05, 0.1) is 5.92 Å². The molecule has 0 bridgehead atoms. The molecule has 2 N–H and O–H groups in total. The van der Waals surface area contributed by atoms with Gasteiger partial charge in [-0.05, 0) is 43.7 Å². The Labute approximate surface area is 121 Å².